The Morgan fingerprint density at radius 3 is 2.25 bits per heavy atom. The van der Waals surface area contributed by atoms with Crippen molar-refractivity contribution in [1.29, 1.82) is 0 Å². The number of ether oxygens (including phenoxy) is 2. The van der Waals surface area contributed by atoms with Gasteiger partial charge >= 0.3 is 5.97 Å². The molecular formula is C20H23N3O8S. The van der Waals surface area contributed by atoms with Crippen LogP contribution in [0.2, 0.25) is 0 Å². The van der Waals surface area contributed by atoms with E-state index in [1.54, 1.807) is 13.8 Å². The standard InChI is InChI=1S/C20H23N3O8S/c1-4-22(5-2)32(28,29)16-9-6-14(7-10-16)20(25)31-13-19(24)21-17-12-15(23(26)27)8-11-18(17)30-3/h6-12H,4-5,13H2,1-3H3,(H,21,24). The molecule has 0 saturated heterocycles. The Balaban J connectivity index is 2.03. The molecule has 0 atom stereocenters. The zero-order valence-corrected chi connectivity index (χ0v) is 18.5. The molecular weight excluding hydrogens is 442 g/mol. The molecule has 0 bridgehead atoms. The maximum atomic E-state index is 12.5. The van der Waals surface area contributed by atoms with Crippen molar-refractivity contribution in [3.8, 4) is 5.75 Å². The molecule has 1 amide bonds. The number of sulfonamides is 1. The van der Waals surface area contributed by atoms with Crippen LogP contribution in [-0.4, -0.2) is 56.3 Å². The second kappa shape index (κ2) is 10.7. The fourth-order valence-electron chi connectivity index (χ4n) is 2.78. The highest BCUT2D eigenvalue weighted by molar-refractivity contribution is 7.89. The van der Waals surface area contributed by atoms with Crippen molar-refractivity contribution in [3.63, 3.8) is 0 Å². The van der Waals surface area contributed by atoms with Crippen LogP contribution in [0.3, 0.4) is 0 Å². The van der Waals surface area contributed by atoms with E-state index in [0.717, 1.165) is 6.07 Å². The predicted molar refractivity (Wildman–Crippen MR) is 115 cm³/mol. The minimum absolute atomic E-state index is 0.0354. The van der Waals surface area contributed by atoms with Crippen molar-refractivity contribution in [2.75, 3.05) is 32.1 Å². The molecule has 0 unspecified atom stereocenters. The number of rotatable bonds is 10. The van der Waals surface area contributed by atoms with E-state index in [9.17, 15) is 28.1 Å². The Morgan fingerprint density at radius 2 is 1.72 bits per heavy atom. The molecule has 32 heavy (non-hydrogen) atoms. The number of esters is 1. The van der Waals surface area contributed by atoms with Gasteiger partial charge in [-0.05, 0) is 30.3 Å². The maximum absolute atomic E-state index is 12.5. The van der Waals surface area contributed by atoms with E-state index in [2.05, 4.69) is 5.32 Å². The van der Waals surface area contributed by atoms with Gasteiger partial charge in [0.2, 0.25) is 10.0 Å². The summed E-state index contributed by atoms with van der Waals surface area (Å²) in [4.78, 5) is 34.6. The van der Waals surface area contributed by atoms with Gasteiger partial charge in [-0.2, -0.15) is 4.31 Å². The molecule has 11 nitrogen and oxygen atoms in total. The Labute approximate surface area is 185 Å². The van der Waals surface area contributed by atoms with Gasteiger partial charge in [0, 0.05) is 25.2 Å². The Bertz CT molecular complexity index is 1100. The molecule has 2 rings (SSSR count). The highest BCUT2D eigenvalue weighted by Gasteiger charge is 2.22. The van der Waals surface area contributed by atoms with E-state index >= 15 is 0 Å². The van der Waals surface area contributed by atoms with Crippen LogP contribution in [0.1, 0.15) is 24.2 Å². The maximum Gasteiger partial charge on any atom is 0.338 e. The zero-order valence-electron chi connectivity index (χ0n) is 17.7. The van der Waals surface area contributed by atoms with Crippen molar-refractivity contribution in [2.24, 2.45) is 0 Å². The highest BCUT2D eigenvalue weighted by Crippen LogP contribution is 2.28. The van der Waals surface area contributed by atoms with Crippen LogP contribution in [0.25, 0.3) is 0 Å². The normalized spacial score (nSPS) is 11.1. The molecule has 0 spiro atoms. The summed E-state index contributed by atoms with van der Waals surface area (Å²) in [6.07, 6.45) is 0. The Morgan fingerprint density at radius 1 is 1.09 bits per heavy atom. The lowest BCUT2D eigenvalue weighted by Gasteiger charge is -2.18. The van der Waals surface area contributed by atoms with Gasteiger partial charge in [0.1, 0.15) is 5.75 Å². The van der Waals surface area contributed by atoms with Crippen molar-refractivity contribution >= 4 is 33.3 Å². The third kappa shape index (κ3) is 5.80. The van der Waals surface area contributed by atoms with E-state index in [4.69, 9.17) is 9.47 Å². The van der Waals surface area contributed by atoms with Crippen molar-refractivity contribution < 1.29 is 32.4 Å². The molecule has 2 aromatic rings. The first-order chi connectivity index (χ1) is 15.1. The smallest absolute Gasteiger partial charge is 0.338 e. The van der Waals surface area contributed by atoms with Crippen LogP contribution in [-0.2, 0) is 19.6 Å². The van der Waals surface area contributed by atoms with Gasteiger partial charge in [-0.3, -0.25) is 14.9 Å². The second-order valence-electron chi connectivity index (χ2n) is 6.38. The summed E-state index contributed by atoms with van der Waals surface area (Å²) >= 11 is 0. The van der Waals surface area contributed by atoms with Crippen LogP contribution in [0, 0.1) is 10.1 Å². The van der Waals surface area contributed by atoms with Gasteiger partial charge in [0.25, 0.3) is 11.6 Å². The van der Waals surface area contributed by atoms with Crippen LogP contribution >= 0.6 is 0 Å². The summed E-state index contributed by atoms with van der Waals surface area (Å²) < 4.78 is 36.3. The van der Waals surface area contributed by atoms with Crippen LogP contribution in [0.5, 0.6) is 5.75 Å². The van der Waals surface area contributed by atoms with E-state index in [1.807, 2.05) is 0 Å². The second-order valence-corrected chi connectivity index (χ2v) is 8.32. The average molecular weight is 465 g/mol. The highest BCUT2D eigenvalue weighted by atomic mass is 32.2. The van der Waals surface area contributed by atoms with Crippen molar-refractivity contribution in [3.05, 3.63) is 58.1 Å². The number of nitro groups is 1. The summed E-state index contributed by atoms with van der Waals surface area (Å²) in [6, 6.07) is 8.83. The van der Waals surface area contributed by atoms with Gasteiger partial charge < -0.3 is 14.8 Å². The fraction of sp³-hybridized carbons (Fsp3) is 0.300. The summed E-state index contributed by atoms with van der Waals surface area (Å²) in [5, 5.41) is 13.3. The molecule has 0 heterocycles. The number of nitro benzene ring substituents is 1. The lowest BCUT2D eigenvalue weighted by molar-refractivity contribution is -0.384. The molecule has 12 heteroatoms. The summed E-state index contributed by atoms with van der Waals surface area (Å²) in [7, 11) is -2.33. The summed E-state index contributed by atoms with van der Waals surface area (Å²) in [5.41, 5.74) is -0.143. The molecule has 0 saturated carbocycles. The molecule has 0 aliphatic rings. The minimum atomic E-state index is -3.66. The number of amides is 1. The van der Waals surface area contributed by atoms with Crippen LogP contribution in [0.4, 0.5) is 11.4 Å². The van der Waals surface area contributed by atoms with Gasteiger partial charge in [0.15, 0.2) is 6.61 Å². The third-order valence-electron chi connectivity index (χ3n) is 4.44. The molecule has 2 aromatic carbocycles. The monoisotopic (exact) mass is 465 g/mol. The van der Waals surface area contributed by atoms with Gasteiger partial charge in [-0.25, -0.2) is 13.2 Å². The summed E-state index contributed by atoms with van der Waals surface area (Å²) in [6.45, 7) is 3.41. The van der Waals surface area contributed by atoms with E-state index < -0.39 is 33.4 Å². The van der Waals surface area contributed by atoms with E-state index in [-0.39, 0.29) is 27.6 Å². The number of benzene rings is 2. The molecule has 0 aliphatic heterocycles. The predicted octanol–water partition coefficient (Wildman–Crippen LogP) is 2.43. The lowest BCUT2D eigenvalue weighted by Crippen LogP contribution is -2.30. The first kappa shape index (κ1) is 24.8. The number of non-ortho nitro benzene ring substituents is 1. The van der Waals surface area contributed by atoms with E-state index in [1.165, 1.54) is 47.8 Å². The third-order valence-corrected chi connectivity index (χ3v) is 6.50. The van der Waals surface area contributed by atoms with Gasteiger partial charge in [-0.1, -0.05) is 13.8 Å². The SMILES string of the molecule is CCN(CC)S(=O)(=O)c1ccc(C(=O)OCC(=O)Nc2cc([N+](=O)[O-])ccc2OC)cc1. The first-order valence-corrected chi connectivity index (χ1v) is 11.0. The molecule has 172 valence electrons. The largest absolute Gasteiger partial charge is 0.495 e. The van der Waals surface area contributed by atoms with Crippen LogP contribution in [0.15, 0.2) is 47.4 Å². The molecule has 0 radical (unpaired) electrons. The van der Waals surface area contributed by atoms with Gasteiger partial charge in [0.05, 0.1) is 28.2 Å². The number of methoxy groups -OCH3 is 1. The number of nitrogens with one attached hydrogen (secondary N) is 1. The zero-order chi connectivity index (χ0) is 23.9. The molecule has 0 aliphatic carbocycles. The Kier molecular flexibility index (Phi) is 8.27. The van der Waals surface area contributed by atoms with Crippen LogP contribution < -0.4 is 10.1 Å². The number of hydrogen-bond acceptors (Lipinski definition) is 8. The number of carbonyl (C=O) groups is 2. The minimum Gasteiger partial charge on any atom is -0.495 e. The topological polar surface area (TPSA) is 145 Å². The lowest BCUT2D eigenvalue weighted by atomic mass is 10.2. The fourth-order valence-corrected chi connectivity index (χ4v) is 4.24. The summed E-state index contributed by atoms with van der Waals surface area (Å²) in [5.74, 6) is -1.38. The first-order valence-electron chi connectivity index (χ1n) is 9.53. The molecule has 0 aromatic heterocycles. The average Bonchev–Trinajstić information content (AvgIpc) is 2.78. The van der Waals surface area contributed by atoms with Crippen molar-refractivity contribution in [2.45, 2.75) is 18.7 Å². The number of anilines is 1. The number of carbonyl (C=O) groups excluding carboxylic acids is 2. The van der Waals surface area contributed by atoms with Gasteiger partial charge in [-0.15, -0.1) is 0 Å². The molecule has 0 fully saturated rings. The number of hydrogen-bond donors (Lipinski definition) is 1. The van der Waals surface area contributed by atoms with Crippen molar-refractivity contribution in [1.82, 2.24) is 4.31 Å². The quantitative estimate of drug-likeness (QED) is 0.320. The Hall–Kier alpha value is -3.51. The molecule has 1 N–H and O–H groups in total. The number of nitrogens with zero attached hydrogens (tertiary/aromatic N) is 2. The van der Waals surface area contributed by atoms with E-state index in [0.29, 0.717) is 13.1 Å².